The van der Waals surface area contributed by atoms with E-state index in [0.29, 0.717) is 64.0 Å². The minimum absolute atomic E-state index is 0.0177. The van der Waals surface area contributed by atoms with Gasteiger partial charge in [-0.1, -0.05) is 54.4 Å². The fraction of sp³-hybridized carbons (Fsp3) is 0.611. The third-order valence-corrected chi connectivity index (χ3v) is 8.17. The normalized spacial score (nSPS) is 21.8. The Bertz CT molecular complexity index is 1190. The van der Waals surface area contributed by atoms with Crippen molar-refractivity contribution in [2.75, 3.05) is 39.6 Å². The molecule has 8 nitrogen and oxygen atoms in total. The summed E-state index contributed by atoms with van der Waals surface area (Å²) in [6.07, 6.45) is 7.62. The third kappa shape index (κ3) is 9.61. The van der Waals surface area contributed by atoms with Crippen LogP contribution in [0.15, 0.2) is 34.3 Å². The highest BCUT2D eigenvalue weighted by Gasteiger charge is 2.26. The van der Waals surface area contributed by atoms with Crippen LogP contribution < -0.4 is 0 Å². The molecular formula is C36H52N2O6. The Hall–Kier alpha value is -2.78. The van der Waals surface area contributed by atoms with Crippen LogP contribution in [0.2, 0.25) is 0 Å². The highest BCUT2D eigenvalue weighted by atomic mass is 16.6. The predicted molar refractivity (Wildman–Crippen MR) is 176 cm³/mol. The van der Waals surface area contributed by atoms with Crippen molar-refractivity contribution < 1.29 is 29.2 Å². The number of phenols is 2. The maximum Gasteiger partial charge on any atom is 0.128 e. The third-order valence-electron chi connectivity index (χ3n) is 8.17. The zero-order chi connectivity index (χ0) is 31.7. The maximum absolute atomic E-state index is 11.3. The van der Waals surface area contributed by atoms with Gasteiger partial charge in [-0.2, -0.15) is 0 Å². The molecule has 44 heavy (non-hydrogen) atoms. The Labute approximate surface area is 263 Å². The highest BCUT2D eigenvalue weighted by Crippen LogP contribution is 2.36. The molecule has 2 aliphatic rings. The number of hydrogen-bond acceptors (Lipinski definition) is 8. The van der Waals surface area contributed by atoms with Crippen molar-refractivity contribution in [3.05, 3.63) is 57.6 Å². The summed E-state index contributed by atoms with van der Waals surface area (Å²) in [6.45, 7) is 16.2. The average molecular weight is 609 g/mol. The largest absolute Gasteiger partial charge is 0.507 e. The van der Waals surface area contributed by atoms with E-state index in [4.69, 9.17) is 28.9 Å². The minimum Gasteiger partial charge on any atom is -0.507 e. The molecule has 2 aromatic rings. The molecule has 4 bridgehead atoms. The van der Waals surface area contributed by atoms with E-state index in [1.165, 1.54) is 0 Å². The van der Waals surface area contributed by atoms with Crippen LogP contribution >= 0.6 is 0 Å². The molecule has 1 aliphatic carbocycles. The van der Waals surface area contributed by atoms with Crippen LogP contribution in [0.4, 0.5) is 0 Å². The predicted octanol–water partition coefficient (Wildman–Crippen LogP) is 6.62. The van der Waals surface area contributed by atoms with E-state index < -0.39 is 0 Å². The first-order chi connectivity index (χ1) is 20.9. The van der Waals surface area contributed by atoms with Gasteiger partial charge in [0.15, 0.2) is 0 Å². The zero-order valence-corrected chi connectivity index (χ0v) is 27.5. The molecule has 1 fully saturated rings. The number of rotatable bonds is 0. The number of phenolic OH excluding ortho intramolecular Hbond substituents is 2. The number of aliphatic imine (C=N–C) groups is 2. The molecule has 242 valence electrons. The zero-order valence-electron chi connectivity index (χ0n) is 27.5. The second kappa shape index (κ2) is 15.5. The summed E-state index contributed by atoms with van der Waals surface area (Å²) >= 11 is 0. The van der Waals surface area contributed by atoms with Crippen LogP contribution in [0.25, 0.3) is 0 Å². The molecule has 4 rings (SSSR count). The summed E-state index contributed by atoms with van der Waals surface area (Å²) < 4.78 is 23.2. The Kier molecular flexibility index (Phi) is 12.0. The fourth-order valence-electron chi connectivity index (χ4n) is 5.67. The van der Waals surface area contributed by atoms with Crippen molar-refractivity contribution >= 4 is 12.4 Å². The SMILES string of the molecule is CC(C)(C)c1cc2cc(c1O)C=N[C@H]1CCCC[C@@H]1N=Cc1cc(cc(C(C)(C)C)c1O)COCCOCCOCCOC2. The summed E-state index contributed by atoms with van der Waals surface area (Å²) in [6, 6.07) is 7.93. The molecular weight excluding hydrogens is 556 g/mol. The van der Waals surface area contributed by atoms with Crippen LogP contribution in [0.3, 0.4) is 0 Å². The lowest BCUT2D eigenvalue weighted by molar-refractivity contribution is -0.00621. The van der Waals surface area contributed by atoms with E-state index in [1.807, 2.05) is 24.3 Å². The number of nitrogens with zero attached hydrogens (tertiary/aromatic N) is 2. The summed E-state index contributed by atoms with van der Waals surface area (Å²) in [5.41, 5.74) is 4.56. The monoisotopic (exact) mass is 608 g/mol. The van der Waals surface area contributed by atoms with Gasteiger partial charge in [0.1, 0.15) is 11.5 Å². The van der Waals surface area contributed by atoms with E-state index in [9.17, 15) is 10.2 Å². The molecule has 0 spiro atoms. The van der Waals surface area contributed by atoms with Crippen molar-refractivity contribution in [1.29, 1.82) is 0 Å². The number of aromatic hydroxyl groups is 2. The molecule has 2 atom stereocenters. The molecule has 2 N–H and O–H groups in total. The van der Waals surface area contributed by atoms with E-state index in [2.05, 4.69) is 41.5 Å². The van der Waals surface area contributed by atoms with Gasteiger partial charge in [-0.3, -0.25) is 9.98 Å². The second-order valence-electron chi connectivity index (χ2n) is 14.0. The van der Waals surface area contributed by atoms with Crippen molar-refractivity contribution in [1.82, 2.24) is 0 Å². The van der Waals surface area contributed by atoms with Gasteiger partial charge in [0.25, 0.3) is 0 Å². The number of hydrogen-bond donors (Lipinski definition) is 2. The topological polar surface area (TPSA) is 102 Å². The first-order valence-corrected chi connectivity index (χ1v) is 16.0. The van der Waals surface area contributed by atoms with Gasteiger partial charge in [-0.05, 0) is 59.1 Å². The first-order valence-electron chi connectivity index (χ1n) is 16.0. The fourth-order valence-corrected chi connectivity index (χ4v) is 5.67. The summed E-state index contributed by atoms with van der Waals surface area (Å²) in [7, 11) is 0. The van der Waals surface area contributed by atoms with Gasteiger partial charge in [-0.25, -0.2) is 0 Å². The van der Waals surface area contributed by atoms with Gasteiger partial charge in [-0.15, -0.1) is 0 Å². The smallest absolute Gasteiger partial charge is 0.128 e. The van der Waals surface area contributed by atoms with E-state index in [0.717, 1.165) is 47.9 Å². The average Bonchev–Trinajstić information content (AvgIpc) is 2.96. The van der Waals surface area contributed by atoms with E-state index >= 15 is 0 Å². The lowest BCUT2D eigenvalue weighted by Gasteiger charge is -2.26. The molecule has 2 aromatic carbocycles. The maximum atomic E-state index is 11.3. The van der Waals surface area contributed by atoms with E-state index in [-0.39, 0.29) is 34.4 Å². The number of ether oxygens (including phenoxy) is 4. The van der Waals surface area contributed by atoms with Crippen molar-refractivity contribution in [3.63, 3.8) is 0 Å². The highest BCUT2D eigenvalue weighted by molar-refractivity contribution is 5.86. The van der Waals surface area contributed by atoms with Gasteiger partial charge in [0.05, 0.1) is 64.9 Å². The van der Waals surface area contributed by atoms with E-state index in [1.54, 1.807) is 12.4 Å². The minimum atomic E-state index is -0.250. The molecule has 0 radical (unpaired) electrons. The summed E-state index contributed by atoms with van der Waals surface area (Å²) in [5.74, 6) is 0.508. The molecule has 8 heteroatoms. The number of fused-ring (bicyclic) bond motifs is 5. The quantitative estimate of drug-likeness (QED) is 0.349. The van der Waals surface area contributed by atoms with Gasteiger partial charge >= 0.3 is 0 Å². The Morgan fingerprint density at radius 2 is 0.932 bits per heavy atom. The van der Waals surface area contributed by atoms with Crippen LogP contribution in [0.5, 0.6) is 11.5 Å². The van der Waals surface area contributed by atoms with Gasteiger partial charge < -0.3 is 29.2 Å². The van der Waals surface area contributed by atoms with Crippen molar-refractivity contribution in [3.8, 4) is 11.5 Å². The van der Waals surface area contributed by atoms with Crippen LogP contribution in [0.1, 0.15) is 101 Å². The molecule has 0 unspecified atom stereocenters. The Balaban J connectivity index is 1.67. The van der Waals surface area contributed by atoms with Crippen LogP contribution in [-0.2, 0) is 43.0 Å². The summed E-state index contributed by atoms with van der Waals surface area (Å²) in [5, 5.41) is 22.5. The van der Waals surface area contributed by atoms with Gasteiger partial charge in [0.2, 0.25) is 0 Å². The van der Waals surface area contributed by atoms with Crippen LogP contribution in [-0.4, -0.2) is 74.4 Å². The van der Waals surface area contributed by atoms with Crippen molar-refractivity contribution in [2.45, 2.75) is 103 Å². The Morgan fingerprint density at radius 1 is 0.568 bits per heavy atom. The molecule has 0 aromatic heterocycles. The molecule has 0 saturated heterocycles. The lowest BCUT2D eigenvalue weighted by atomic mass is 9.84. The van der Waals surface area contributed by atoms with Crippen molar-refractivity contribution in [2.24, 2.45) is 9.98 Å². The molecule has 1 saturated carbocycles. The molecule has 1 heterocycles. The van der Waals surface area contributed by atoms with Crippen LogP contribution in [0, 0.1) is 0 Å². The molecule has 1 aliphatic heterocycles. The lowest BCUT2D eigenvalue weighted by Crippen LogP contribution is -2.27. The first kappa shape index (κ1) is 34.1. The Morgan fingerprint density at radius 3 is 1.30 bits per heavy atom. The summed E-state index contributed by atoms with van der Waals surface area (Å²) in [4.78, 5) is 9.98. The van der Waals surface area contributed by atoms with Gasteiger partial charge in [0, 0.05) is 34.7 Å². The number of benzene rings is 2. The standard InChI is InChI=1S/C36H52N2O6/c1-35(2,3)29-19-25-17-27(33(29)39)21-37-31-9-7-8-10-32(31)38-22-28-18-26(20-30(34(28)40)36(4,5)6)24-44-16-14-42-12-11-41-13-15-43-23-25/h17-22,31-32,39-40H,7-16,23-24H2,1-6H3/t31-,32-/m0/s1. The second-order valence-corrected chi connectivity index (χ2v) is 14.0. The molecule has 0 amide bonds.